The van der Waals surface area contributed by atoms with Gasteiger partial charge in [0.2, 0.25) is 6.29 Å². The topological polar surface area (TPSA) is 249 Å². The molecule has 5 rings (SSSR count). The Balaban J connectivity index is 1.36. The minimum atomic E-state index is -1.79. The largest absolute Gasteiger partial charge is 0.507 e. The zero-order chi connectivity index (χ0) is 30.5. The molecule has 2 aliphatic heterocycles. The molecule has 3 aromatic rings. The molecule has 15 heteroatoms. The molecule has 2 aliphatic rings. The number of hydrogen-bond donors (Lipinski definition) is 9. The van der Waals surface area contributed by atoms with Crippen LogP contribution < -0.4 is 10.2 Å². The number of phenols is 3. The van der Waals surface area contributed by atoms with Gasteiger partial charge in [-0.2, -0.15) is 0 Å². The van der Waals surface area contributed by atoms with Crippen LogP contribution in [0, 0.1) is 0 Å². The summed E-state index contributed by atoms with van der Waals surface area (Å²) in [6.45, 7) is 0.938. The van der Waals surface area contributed by atoms with Crippen LogP contribution in [-0.2, 0) is 14.2 Å². The summed E-state index contributed by atoms with van der Waals surface area (Å²) in [6.07, 6.45) is -15.1. The van der Waals surface area contributed by atoms with Gasteiger partial charge in [0, 0.05) is 23.8 Å². The number of aromatic hydroxyl groups is 3. The predicted octanol–water partition coefficient (Wildman–Crippen LogP) is -1.39. The molecule has 15 nitrogen and oxygen atoms in total. The van der Waals surface area contributed by atoms with Gasteiger partial charge in [-0.15, -0.1) is 0 Å². The van der Waals surface area contributed by atoms with Crippen molar-refractivity contribution in [3.05, 3.63) is 46.6 Å². The van der Waals surface area contributed by atoms with Crippen LogP contribution in [0.1, 0.15) is 6.92 Å². The fourth-order valence-electron chi connectivity index (χ4n) is 4.76. The third-order valence-electron chi connectivity index (χ3n) is 7.20. The van der Waals surface area contributed by atoms with Crippen molar-refractivity contribution in [3.8, 4) is 34.3 Å². The number of hydrogen-bond acceptors (Lipinski definition) is 15. The molecular weight excluding hydrogens is 564 g/mol. The smallest absolute Gasteiger partial charge is 0.229 e. The zero-order valence-corrected chi connectivity index (χ0v) is 21.9. The van der Waals surface area contributed by atoms with E-state index in [2.05, 4.69) is 0 Å². The molecule has 3 heterocycles. The molecule has 4 unspecified atom stereocenters. The monoisotopic (exact) mass is 594 g/mol. The molecule has 0 bridgehead atoms. The molecule has 0 amide bonds. The van der Waals surface area contributed by atoms with Gasteiger partial charge in [0.15, 0.2) is 23.2 Å². The summed E-state index contributed by atoms with van der Waals surface area (Å²) in [6, 6.07) is 7.09. The normalized spacial score (nSPS) is 33.5. The van der Waals surface area contributed by atoms with E-state index in [1.54, 1.807) is 0 Å². The highest BCUT2D eigenvalue weighted by Crippen LogP contribution is 2.35. The number of aliphatic hydroxyl groups excluding tert-OH is 6. The van der Waals surface area contributed by atoms with Gasteiger partial charge in [-0.05, 0) is 25.1 Å². The Bertz CT molecular complexity index is 1490. The van der Waals surface area contributed by atoms with E-state index in [-0.39, 0.29) is 33.8 Å². The summed E-state index contributed by atoms with van der Waals surface area (Å²) in [5, 5.41) is 91.0. The minimum Gasteiger partial charge on any atom is -0.507 e. The van der Waals surface area contributed by atoms with Crippen LogP contribution in [0.4, 0.5) is 0 Å². The summed E-state index contributed by atoms with van der Waals surface area (Å²) in [5.74, 6) is -1.56. The SMILES string of the molecule is CC1O[C@@H](OCC2O[C@@H](Oc3cc(O)c4c(=O)cc(-c5ccc(O)c(O)c5)oc4c3)C(O)[C@@H](O)[C@@H]2O)C(O)[C@@H](O)[C@H]1O. The van der Waals surface area contributed by atoms with Crippen molar-refractivity contribution >= 4 is 11.0 Å². The predicted molar refractivity (Wildman–Crippen MR) is 139 cm³/mol. The van der Waals surface area contributed by atoms with E-state index in [1.807, 2.05) is 0 Å². The maximum absolute atomic E-state index is 12.7. The molecule has 10 atom stereocenters. The van der Waals surface area contributed by atoms with Gasteiger partial charge in [0.05, 0.1) is 12.7 Å². The Hall–Kier alpha value is -3.51. The summed E-state index contributed by atoms with van der Waals surface area (Å²) in [5.41, 5.74) is -0.541. The lowest BCUT2D eigenvalue weighted by Gasteiger charge is -2.42. The second kappa shape index (κ2) is 11.6. The summed E-state index contributed by atoms with van der Waals surface area (Å²) in [4.78, 5) is 12.7. The number of aliphatic hydroxyl groups is 6. The Morgan fingerprint density at radius 1 is 0.738 bits per heavy atom. The van der Waals surface area contributed by atoms with Crippen molar-refractivity contribution < 1.29 is 69.3 Å². The van der Waals surface area contributed by atoms with Crippen molar-refractivity contribution in [2.45, 2.75) is 68.3 Å². The molecule has 2 saturated heterocycles. The molecule has 0 saturated carbocycles. The van der Waals surface area contributed by atoms with Crippen molar-refractivity contribution in [1.82, 2.24) is 0 Å². The fraction of sp³-hybridized carbons (Fsp3) is 0.444. The van der Waals surface area contributed by atoms with E-state index in [0.717, 1.165) is 12.1 Å². The Kier molecular flexibility index (Phi) is 8.30. The second-order valence-electron chi connectivity index (χ2n) is 10.1. The summed E-state index contributed by atoms with van der Waals surface area (Å²) < 4.78 is 27.8. The van der Waals surface area contributed by atoms with Crippen LogP contribution in [0.5, 0.6) is 23.0 Å². The third-order valence-corrected chi connectivity index (χ3v) is 7.20. The highest BCUT2D eigenvalue weighted by molar-refractivity contribution is 5.86. The quantitative estimate of drug-likeness (QED) is 0.149. The molecule has 0 spiro atoms. The van der Waals surface area contributed by atoms with Crippen molar-refractivity contribution in [2.75, 3.05) is 6.61 Å². The summed E-state index contributed by atoms with van der Waals surface area (Å²) >= 11 is 0. The van der Waals surface area contributed by atoms with Gasteiger partial charge in [0.1, 0.15) is 71.0 Å². The Morgan fingerprint density at radius 3 is 2.14 bits per heavy atom. The van der Waals surface area contributed by atoms with Crippen LogP contribution in [0.2, 0.25) is 0 Å². The van der Waals surface area contributed by atoms with Crippen molar-refractivity contribution in [3.63, 3.8) is 0 Å². The number of ether oxygens (including phenoxy) is 4. The molecule has 2 aromatic carbocycles. The molecule has 9 N–H and O–H groups in total. The third kappa shape index (κ3) is 5.61. The van der Waals surface area contributed by atoms with E-state index in [0.29, 0.717) is 0 Å². The van der Waals surface area contributed by atoms with Gasteiger partial charge in [-0.25, -0.2) is 0 Å². The number of fused-ring (bicyclic) bond motifs is 1. The maximum Gasteiger partial charge on any atom is 0.229 e. The van der Waals surface area contributed by atoms with Gasteiger partial charge in [-0.1, -0.05) is 0 Å². The first-order valence-corrected chi connectivity index (χ1v) is 12.9. The van der Waals surface area contributed by atoms with Crippen LogP contribution in [0.3, 0.4) is 0 Å². The number of phenolic OH excluding ortho intramolecular Hbond substituents is 3. The van der Waals surface area contributed by atoms with E-state index in [4.69, 9.17) is 23.4 Å². The maximum atomic E-state index is 12.7. The molecule has 42 heavy (non-hydrogen) atoms. The first-order chi connectivity index (χ1) is 19.8. The summed E-state index contributed by atoms with van der Waals surface area (Å²) in [7, 11) is 0. The molecular formula is C27H30O15. The lowest BCUT2D eigenvalue weighted by molar-refractivity contribution is -0.318. The van der Waals surface area contributed by atoms with Crippen molar-refractivity contribution in [1.29, 1.82) is 0 Å². The van der Waals surface area contributed by atoms with Crippen molar-refractivity contribution in [2.24, 2.45) is 0 Å². The standard InChI is InChI=1S/C27H30O15/c1-9-20(32)22(34)24(36)26(39-9)38-8-18-21(33)23(35)25(37)27(42-18)40-11-5-14(30)19-15(31)7-16(41-17(19)6-11)10-2-3-12(28)13(29)4-10/h2-7,9,18,20-30,32-37H,8H2,1H3/t9?,18?,20-,21+,22-,23-,24?,25?,26+,27+/m0/s1. The zero-order valence-electron chi connectivity index (χ0n) is 21.9. The molecule has 0 radical (unpaired) electrons. The van der Waals surface area contributed by atoms with Gasteiger partial charge < -0.3 is 69.3 Å². The molecule has 1 aromatic heterocycles. The minimum absolute atomic E-state index is 0.0110. The lowest BCUT2D eigenvalue weighted by Crippen LogP contribution is -2.61. The van der Waals surface area contributed by atoms with E-state index in [1.165, 1.54) is 31.2 Å². The number of rotatable bonds is 6. The van der Waals surface area contributed by atoms with Crippen LogP contribution in [0.15, 0.2) is 45.6 Å². The van der Waals surface area contributed by atoms with E-state index >= 15 is 0 Å². The number of benzene rings is 2. The average Bonchev–Trinajstić information content (AvgIpc) is 2.95. The first kappa shape index (κ1) is 30.0. The van der Waals surface area contributed by atoms with Gasteiger partial charge in [0.25, 0.3) is 0 Å². The van der Waals surface area contributed by atoms with Gasteiger partial charge in [-0.3, -0.25) is 4.79 Å². The average molecular weight is 595 g/mol. The van der Waals surface area contributed by atoms with E-state index in [9.17, 15) is 50.8 Å². The highest BCUT2D eigenvalue weighted by atomic mass is 16.7. The second-order valence-corrected chi connectivity index (χ2v) is 10.1. The molecule has 0 aliphatic carbocycles. The Morgan fingerprint density at radius 2 is 1.43 bits per heavy atom. The molecule has 228 valence electrons. The highest BCUT2D eigenvalue weighted by Gasteiger charge is 2.47. The van der Waals surface area contributed by atoms with Crippen LogP contribution in [-0.4, -0.2) is 114 Å². The lowest BCUT2D eigenvalue weighted by atomic mass is 9.98. The van der Waals surface area contributed by atoms with Gasteiger partial charge >= 0.3 is 0 Å². The van der Waals surface area contributed by atoms with Crippen LogP contribution >= 0.6 is 0 Å². The Labute approximate surface area is 236 Å². The first-order valence-electron chi connectivity index (χ1n) is 12.9. The fourth-order valence-corrected chi connectivity index (χ4v) is 4.76. The molecule has 2 fully saturated rings. The van der Waals surface area contributed by atoms with E-state index < -0.39 is 84.9 Å². The van der Waals surface area contributed by atoms with Crippen LogP contribution in [0.25, 0.3) is 22.3 Å².